The SMILES string of the molecule is C=Cc1nc(-c2ccccc2C)cc(C2C=CC=C(C(=O)NCCN)C2)c1C#N.CC.CC.CC(=O)c1cccnc1.[HH]. The second-order valence-corrected chi connectivity index (χ2v) is 8.72. The Balaban J connectivity index is 0.00000106. The highest BCUT2D eigenvalue weighted by Gasteiger charge is 2.23. The lowest BCUT2D eigenvalue weighted by molar-refractivity contribution is -0.117. The van der Waals surface area contributed by atoms with Crippen molar-refractivity contribution in [1.82, 2.24) is 15.3 Å². The van der Waals surface area contributed by atoms with Gasteiger partial charge in [0, 0.05) is 49.5 Å². The topological polar surface area (TPSA) is 122 Å². The minimum Gasteiger partial charge on any atom is -0.351 e. The highest BCUT2D eigenvalue weighted by molar-refractivity contribution is 5.94. The van der Waals surface area contributed by atoms with E-state index in [1.165, 1.54) is 6.92 Å². The molecule has 2 heterocycles. The molecule has 1 amide bonds. The summed E-state index contributed by atoms with van der Waals surface area (Å²) in [6, 6.07) is 15.7. The summed E-state index contributed by atoms with van der Waals surface area (Å²) in [5, 5.41) is 12.6. The van der Waals surface area contributed by atoms with E-state index in [9.17, 15) is 14.9 Å². The molecule has 0 bridgehead atoms. The van der Waals surface area contributed by atoms with Crippen LogP contribution in [0.4, 0.5) is 0 Å². The second-order valence-electron chi connectivity index (χ2n) is 8.72. The molecule has 42 heavy (non-hydrogen) atoms. The first-order valence-corrected chi connectivity index (χ1v) is 14.3. The number of amides is 1. The molecule has 0 radical (unpaired) electrons. The molecule has 1 unspecified atom stereocenters. The molecule has 0 aliphatic heterocycles. The zero-order valence-electron chi connectivity index (χ0n) is 25.6. The number of carbonyl (C=O) groups excluding carboxylic acids is 2. The number of nitrogens with zero attached hydrogens (tertiary/aromatic N) is 3. The van der Waals surface area contributed by atoms with E-state index in [1.54, 1.807) is 30.6 Å². The van der Waals surface area contributed by atoms with Crippen LogP contribution < -0.4 is 11.1 Å². The van der Waals surface area contributed by atoms with Gasteiger partial charge in [-0.1, -0.05) is 76.8 Å². The van der Waals surface area contributed by atoms with E-state index in [0.29, 0.717) is 41.9 Å². The Morgan fingerprint density at radius 3 is 2.45 bits per heavy atom. The molecule has 4 rings (SSSR count). The quantitative estimate of drug-likeness (QED) is 0.291. The molecule has 0 saturated heterocycles. The first-order chi connectivity index (χ1) is 20.4. The minimum atomic E-state index is -0.125. The lowest BCUT2D eigenvalue weighted by Crippen LogP contribution is -2.31. The number of aromatic nitrogens is 2. The lowest BCUT2D eigenvalue weighted by atomic mass is 9.84. The summed E-state index contributed by atoms with van der Waals surface area (Å²) in [5.41, 5.74) is 11.6. The van der Waals surface area contributed by atoms with Crippen molar-refractivity contribution in [3.8, 4) is 17.3 Å². The Morgan fingerprint density at radius 2 is 1.90 bits per heavy atom. The van der Waals surface area contributed by atoms with Gasteiger partial charge in [0.05, 0.1) is 17.0 Å². The number of carbonyl (C=O) groups is 2. The van der Waals surface area contributed by atoms with Crippen LogP contribution in [0.3, 0.4) is 0 Å². The lowest BCUT2D eigenvalue weighted by Gasteiger charge is -2.21. The zero-order valence-corrected chi connectivity index (χ0v) is 25.6. The molecule has 7 heteroatoms. The third-order valence-corrected chi connectivity index (χ3v) is 6.07. The number of nitriles is 1. The highest BCUT2D eigenvalue weighted by Crippen LogP contribution is 2.35. The predicted molar refractivity (Wildman–Crippen MR) is 175 cm³/mol. The van der Waals surface area contributed by atoms with E-state index in [-0.39, 0.29) is 19.0 Å². The minimum absolute atomic E-state index is 0. The van der Waals surface area contributed by atoms with E-state index in [4.69, 9.17) is 5.73 Å². The Bertz CT molecular complexity index is 1430. The second kappa shape index (κ2) is 19.4. The van der Waals surface area contributed by atoms with Gasteiger partial charge in [-0.15, -0.1) is 0 Å². The van der Waals surface area contributed by atoms with Crippen LogP contribution in [-0.4, -0.2) is 34.7 Å². The number of benzene rings is 1. The molecule has 1 aromatic carbocycles. The summed E-state index contributed by atoms with van der Waals surface area (Å²) in [6.07, 6.45) is 11.0. The predicted octanol–water partition coefficient (Wildman–Crippen LogP) is 7.20. The number of allylic oxidation sites excluding steroid dienone is 3. The van der Waals surface area contributed by atoms with E-state index in [0.717, 1.165) is 22.4 Å². The highest BCUT2D eigenvalue weighted by atomic mass is 16.1. The van der Waals surface area contributed by atoms with Crippen LogP contribution in [0, 0.1) is 18.3 Å². The largest absolute Gasteiger partial charge is 0.351 e. The maximum absolute atomic E-state index is 12.4. The third kappa shape index (κ3) is 10.1. The Labute approximate surface area is 252 Å². The smallest absolute Gasteiger partial charge is 0.247 e. The fourth-order valence-corrected chi connectivity index (χ4v) is 4.08. The van der Waals surface area contributed by atoms with Crippen LogP contribution in [0.25, 0.3) is 17.3 Å². The molecule has 0 spiro atoms. The number of nitrogens with two attached hydrogens (primary N) is 1. The monoisotopic (exact) mass is 567 g/mol. The van der Waals surface area contributed by atoms with Gasteiger partial charge in [-0.3, -0.25) is 14.6 Å². The average molecular weight is 568 g/mol. The summed E-state index contributed by atoms with van der Waals surface area (Å²) >= 11 is 0. The van der Waals surface area contributed by atoms with Crippen LogP contribution in [-0.2, 0) is 4.79 Å². The summed E-state index contributed by atoms with van der Waals surface area (Å²) < 4.78 is 0. The summed E-state index contributed by atoms with van der Waals surface area (Å²) in [6.45, 7) is 16.2. The van der Waals surface area contributed by atoms with Crippen molar-refractivity contribution in [1.29, 1.82) is 5.26 Å². The maximum Gasteiger partial charge on any atom is 0.247 e. The van der Waals surface area contributed by atoms with Crippen molar-refractivity contribution in [3.63, 3.8) is 0 Å². The number of nitrogens with one attached hydrogen (secondary N) is 1. The van der Waals surface area contributed by atoms with Gasteiger partial charge in [0.25, 0.3) is 0 Å². The molecule has 7 nitrogen and oxygen atoms in total. The van der Waals surface area contributed by atoms with Gasteiger partial charge < -0.3 is 11.1 Å². The number of Topliss-reactive ketones (excluding diaryl/α,β-unsaturated/α-hetero) is 1. The Kier molecular flexibility index (Phi) is 16.3. The number of rotatable bonds is 7. The van der Waals surface area contributed by atoms with Crippen LogP contribution in [0.15, 0.2) is 85.2 Å². The Hall–Kier alpha value is -4.67. The number of ketones is 1. The van der Waals surface area contributed by atoms with Gasteiger partial charge in [0.1, 0.15) is 6.07 Å². The summed E-state index contributed by atoms with van der Waals surface area (Å²) in [5.74, 6) is -0.165. The fraction of sp³-hybridized carbons (Fsp3) is 0.286. The van der Waals surface area contributed by atoms with Crippen molar-refractivity contribution in [2.75, 3.05) is 13.1 Å². The van der Waals surface area contributed by atoms with Gasteiger partial charge in [-0.2, -0.15) is 5.26 Å². The molecular weight excluding hydrogens is 522 g/mol. The molecule has 1 aliphatic carbocycles. The molecule has 2 aromatic heterocycles. The molecule has 1 aliphatic rings. The molecular formula is C35H45N5O2. The molecule has 3 aromatic rings. The maximum atomic E-state index is 12.4. The van der Waals surface area contributed by atoms with E-state index < -0.39 is 0 Å². The number of hydrogen-bond donors (Lipinski definition) is 2. The first-order valence-electron chi connectivity index (χ1n) is 14.3. The van der Waals surface area contributed by atoms with Gasteiger partial charge >= 0.3 is 0 Å². The first kappa shape index (κ1) is 35.4. The third-order valence-electron chi connectivity index (χ3n) is 6.07. The van der Waals surface area contributed by atoms with Crippen molar-refractivity contribution in [2.45, 2.75) is 53.9 Å². The number of aryl methyl sites for hydroxylation is 1. The molecule has 1 atom stereocenters. The molecule has 0 saturated carbocycles. The standard InChI is InChI=1S/C24H24N4O.C7H7NO.2C2H6.H2/c1-3-22-21(15-26)20(14-23(28-22)19-10-5-4-7-16(19)2)17-8-6-9-18(13-17)24(29)27-12-11-25;1-6(9)7-3-2-4-8-5-7;2*1-2;/h3-10,14,17H,1,11-13,25H2,2H3,(H,27,29);2-5H,1H3;2*1-2H3;1H. The van der Waals surface area contributed by atoms with Gasteiger partial charge in [-0.05, 0) is 55.7 Å². The zero-order chi connectivity index (χ0) is 31.5. The van der Waals surface area contributed by atoms with Crippen LogP contribution in [0.1, 0.15) is 81.1 Å². The van der Waals surface area contributed by atoms with Gasteiger partial charge in [-0.25, -0.2) is 4.98 Å². The van der Waals surface area contributed by atoms with Crippen molar-refractivity contribution >= 4 is 17.8 Å². The molecule has 0 fully saturated rings. The summed E-state index contributed by atoms with van der Waals surface area (Å²) in [4.78, 5) is 31.4. The van der Waals surface area contributed by atoms with E-state index in [1.807, 2.05) is 83.2 Å². The summed E-state index contributed by atoms with van der Waals surface area (Å²) in [7, 11) is 0. The van der Waals surface area contributed by atoms with Crippen LogP contribution in [0.2, 0.25) is 0 Å². The number of hydrogen-bond acceptors (Lipinski definition) is 6. The van der Waals surface area contributed by atoms with Crippen molar-refractivity contribution < 1.29 is 11.0 Å². The molecule has 3 N–H and O–H groups in total. The van der Waals surface area contributed by atoms with Crippen molar-refractivity contribution in [2.24, 2.45) is 5.73 Å². The molecule has 222 valence electrons. The van der Waals surface area contributed by atoms with E-state index >= 15 is 0 Å². The van der Waals surface area contributed by atoms with Crippen LogP contribution in [0.5, 0.6) is 0 Å². The fourth-order valence-electron chi connectivity index (χ4n) is 4.08. The average Bonchev–Trinajstić information content (AvgIpc) is 3.05. The van der Waals surface area contributed by atoms with Gasteiger partial charge in [0.15, 0.2) is 5.78 Å². The van der Waals surface area contributed by atoms with E-state index in [2.05, 4.69) is 27.9 Å². The van der Waals surface area contributed by atoms with Crippen LogP contribution >= 0.6 is 0 Å². The van der Waals surface area contributed by atoms with Gasteiger partial charge in [0.2, 0.25) is 5.91 Å². The normalized spacial score (nSPS) is 12.8. The number of pyridine rings is 2. The van der Waals surface area contributed by atoms with Crippen molar-refractivity contribution in [3.05, 3.63) is 113 Å². The Morgan fingerprint density at radius 1 is 1.19 bits per heavy atom.